The average molecular weight is 444 g/mol. The van der Waals surface area contributed by atoms with Crippen LogP contribution >= 0.6 is 27.5 Å². The maximum absolute atomic E-state index is 6.34. The number of nitrogens with zero attached hydrogens (tertiary/aromatic N) is 2. The van der Waals surface area contributed by atoms with Crippen LogP contribution in [-0.2, 0) is 0 Å². The van der Waals surface area contributed by atoms with Crippen LogP contribution in [0.4, 0.5) is 0 Å². The molecule has 0 radical (unpaired) electrons. The molecule has 0 amide bonds. The lowest BCUT2D eigenvalue weighted by Crippen LogP contribution is -2.33. The number of halogens is 2. The normalized spacial score (nSPS) is 20.7. The first-order valence-corrected chi connectivity index (χ1v) is 9.90. The highest BCUT2D eigenvalue weighted by molar-refractivity contribution is 9.10. The molecule has 2 aromatic carbocycles. The van der Waals surface area contributed by atoms with E-state index in [1.807, 2.05) is 60.5 Å². The summed E-state index contributed by atoms with van der Waals surface area (Å²) < 4.78 is 13.2. The Kier molecular flexibility index (Phi) is 4.02. The van der Waals surface area contributed by atoms with Crippen LogP contribution in [0, 0.1) is 6.92 Å². The second-order valence-corrected chi connectivity index (χ2v) is 8.12. The van der Waals surface area contributed by atoms with E-state index in [-0.39, 0.29) is 12.3 Å². The van der Waals surface area contributed by atoms with Crippen molar-refractivity contribution in [2.75, 3.05) is 0 Å². The zero-order valence-corrected chi connectivity index (χ0v) is 16.9. The number of hydrogen-bond donors (Lipinski definition) is 0. The van der Waals surface area contributed by atoms with Crippen molar-refractivity contribution in [2.24, 2.45) is 5.10 Å². The molecule has 0 saturated carbocycles. The average Bonchev–Trinajstić information content (AvgIpc) is 3.27. The standard InChI is InChI=1S/C21H16BrClN2O2/c1-12-5-7-20(26-12)17-11-18-16-10-14(22)6-8-19(16)27-21(25(18)24-17)13-3-2-4-15(23)9-13/h2-10,18,21H,11H2,1H3/t18-,21-/m0/s1. The molecule has 2 atom stereocenters. The predicted octanol–water partition coefficient (Wildman–Crippen LogP) is 6.25. The number of fused-ring (bicyclic) bond motifs is 3. The number of aryl methyl sites for hydroxylation is 1. The molecule has 1 aromatic heterocycles. The van der Waals surface area contributed by atoms with Gasteiger partial charge in [0.05, 0.1) is 6.04 Å². The fourth-order valence-corrected chi connectivity index (χ4v) is 4.25. The van der Waals surface area contributed by atoms with E-state index in [4.69, 9.17) is 25.9 Å². The Hall–Kier alpha value is -2.24. The fraction of sp³-hybridized carbons (Fsp3) is 0.190. The highest BCUT2D eigenvalue weighted by Crippen LogP contribution is 2.48. The van der Waals surface area contributed by atoms with E-state index in [2.05, 4.69) is 22.0 Å². The molecule has 27 heavy (non-hydrogen) atoms. The van der Waals surface area contributed by atoms with E-state index in [0.29, 0.717) is 5.02 Å². The van der Waals surface area contributed by atoms with Crippen molar-refractivity contribution in [3.63, 3.8) is 0 Å². The van der Waals surface area contributed by atoms with Gasteiger partial charge in [-0.2, -0.15) is 5.10 Å². The summed E-state index contributed by atoms with van der Waals surface area (Å²) in [5.74, 6) is 2.56. The molecule has 136 valence electrons. The van der Waals surface area contributed by atoms with Crippen molar-refractivity contribution in [3.8, 4) is 5.75 Å². The van der Waals surface area contributed by atoms with Crippen molar-refractivity contribution in [1.29, 1.82) is 0 Å². The van der Waals surface area contributed by atoms with E-state index in [1.54, 1.807) is 0 Å². The van der Waals surface area contributed by atoms with Crippen LogP contribution in [-0.4, -0.2) is 10.7 Å². The van der Waals surface area contributed by atoms with Gasteiger partial charge in [-0.1, -0.05) is 39.7 Å². The number of rotatable bonds is 2. The SMILES string of the molecule is Cc1ccc(C2=NN3[C@@H](C2)c2cc(Br)ccc2O[C@H]3c2cccc(Cl)c2)o1. The van der Waals surface area contributed by atoms with E-state index in [0.717, 1.165) is 45.0 Å². The molecule has 3 aromatic rings. The van der Waals surface area contributed by atoms with Crippen LogP contribution in [0.15, 0.2) is 68.6 Å². The Morgan fingerprint density at radius 3 is 2.81 bits per heavy atom. The molecular weight excluding hydrogens is 428 g/mol. The Morgan fingerprint density at radius 1 is 1.15 bits per heavy atom. The minimum atomic E-state index is -0.337. The summed E-state index contributed by atoms with van der Waals surface area (Å²) in [5.41, 5.74) is 3.02. The zero-order valence-electron chi connectivity index (χ0n) is 14.5. The molecule has 0 spiro atoms. The third-order valence-corrected chi connectivity index (χ3v) is 5.64. The lowest BCUT2D eigenvalue weighted by atomic mass is 9.97. The molecule has 0 bridgehead atoms. The largest absolute Gasteiger partial charge is 0.464 e. The van der Waals surface area contributed by atoms with Gasteiger partial charge in [0.2, 0.25) is 6.23 Å². The summed E-state index contributed by atoms with van der Waals surface area (Å²) in [6, 6.07) is 17.9. The van der Waals surface area contributed by atoms with Gasteiger partial charge in [0.15, 0.2) is 0 Å². The Morgan fingerprint density at radius 2 is 2.04 bits per heavy atom. The van der Waals surface area contributed by atoms with Crippen molar-refractivity contribution in [3.05, 3.63) is 86.7 Å². The third kappa shape index (κ3) is 2.95. The molecule has 5 rings (SSSR count). The summed E-state index contributed by atoms with van der Waals surface area (Å²) in [7, 11) is 0. The zero-order chi connectivity index (χ0) is 18.5. The number of hydrogen-bond acceptors (Lipinski definition) is 4. The quantitative estimate of drug-likeness (QED) is 0.470. The van der Waals surface area contributed by atoms with Gasteiger partial charge in [-0.15, -0.1) is 0 Å². The maximum Gasteiger partial charge on any atom is 0.213 e. The number of benzene rings is 2. The lowest BCUT2D eigenvalue weighted by Gasteiger charge is -2.38. The van der Waals surface area contributed by atoms with Gasteiger partial charge >= 0.3 is 0 Å². The summed E-state index contributed by atoms with van der Waals surface area (Å²) >= 11 is 9.80. The van der Waals surface area contributed by atoms with Crippen LogP contribution in [0.3, 0.4) is 0 Å². The first-order chi connectivity index (χ1) is 13.1. The first kappa shape index (κ1) is 16.9. The minimum Gasteiger partial charge on any atom is -0.464 e. The van der Waals surface area contributed by atoms with Gasteiger partial charge in [0, 0.05) is 27.0 Å². The second-order valence-electron chi connectivity index (χ2n) is 6.76. The number of hydrazone groups is 1. The van der Waals surface area contributed by atoms with Crippen molar-refractivity contribution in [2.45, 2.75) is 25.6 Å². The summed E-state index contributed by atoms with van der Waals surface area (Å²) in [6.07, 6.45) is 0.424. The van der Waals surface area contributed by atoms with Gasteiger partial charge in [0.1, 0.15) is 23.0 Å². The fourth-order valence-electron chi connectivity index (χ4n) is 3.68. The molecule has 4 nitrogen and oxygen atoms in total. The molecule has 0 unspecified atom stereocenters. The van der Waals surface area contributed by atoms with E-state index in [1.165, 1.54) is 0 Å². The van der Waals surface area contributed by atoms with Gasteiger partial charge in [-0.3, -0.25) is 0 Å². The van der Waals surface area contributed by atoms with Crippen molar-refractivity contribution >= 4 is 33.2 Å². The number of ether oxygens (including phenoxy) is 1. The molecule has 6 heteroatoms. The highest BCUT2D eigenvalue weighted by atomic mass is 79.9. The Labute approximate surface area is 170 Å². The Balaban J connectivity index is 1.62. The van der Waals surface area contributed by atoms with Crippen LogP contribution < -0.4 is 4.74 Å². The van der Waals surface area contributed by atoms with Crippen molar-refractivity contribution in [1.82, 2.24) is 5.01 Å². The van der Waals surface area contributed by atoms with E-state index >= 15 is 0 Å². The van der Waals surface area contributed by atoms with Crippen LogP contribution in [0.1, 0.15) is 41.3 Å². The molecule has 2 aliphatic rings. The predicted molar refractivity (Wildman–Crippen MR) is 108 cm³/mol. The topological polar surface area (TPSA) is 38.0 Å². The van der Waals surface area contributed by atoms with Gasteiger partial charge in [-0.05, 0) is 49.4 Å². The highest BCUT2D eigenvalue weighted by Gasteiger charge is 2.41. The Bertz CT molecular complexity index is 1060. The minimum absolute atomic E-state index is 0.0793. The molecule has 0 aliphatic carbocycles. The van der Waals surface area contributed by atoms with Gasteiger partial charge < -0.3 is 9.15 Å². The van der Waals surface area contributed by atoms with Gasteiger partial charge in [0.25, 0.3) is 0 Å². The van der Waals surface area contributed by atoms with E-state index < -0.39 is 0 Å². The molecule has 0 fully saturated rings. The molecule has 2 aliphatic heterocycles. The molecule has 3 heterocycles. The van der Waals surface area contributed by atoms with Crippen LogP contribution in [0.2, 0.25) is 5.02 Å². The maximum atomic E-state index is 6.34. The van der Waals surface area contributed by atoms with Crippen LogP contribution in [0.5, 0.6) is 5.75 Å². The lowest BCUT2D eigenvalue weighted by molar-refractivity contribution is -0.0190. The second kappa shape index (κ2) is 6.43. The van der Waals surface area contributed by atoms with Gasteiger partial charge in [-0.25, -0.2) is 5.01 Å². The monoisotopic (exact) mass is 442 g/mol. The molecular formula is C21H16BrClN2O2. The summed E-state index contributed by atoms with van der Waals surface area (Å²) in [5, 5.41) is 7.58. The van der Waals surface area contributed by atoms with Crippen molar-refractivity contribution < 1.29 is 9.15 Å². The molecule has 0 N–H and O–H groups in total. The summed E-state index contributed by atoms with van der Waals surface area (Å²) in [4.78, 5) is 0. The molecule has 0 saturated heterocycles. The first-order valence-electron chi connectivity index (χ1n) is 8.73. The smallest absolute Gasteiger partial charge is 0.213 e. The van der Waals surface area contributed by atoms with Crippen LogP contribution in [0.25, 0.3) is 0 Å². The van der Waals surface area contributed by atoms with E-state index in [9.17, 15) is 0 Å². The third-order valence-electron chi connectivity index (χ3n) is 4.91. The number of furan rings is 1. The summed E-state index contributed by atoms with van der Waals surface area (Å²) in [6.45, 7) is 1.94.